The molecule has 4 nitrogen and oxygen atoms in total. The molecule has 0 aliphatic rings. The van der Waals surface area contributed by atoms with Gasteiger partial charge in [-0.25, -0.2) is 12.7 Å². The second-order valence-corrected chi connectivity index (χ2v) is 4.68. The highest BCUT2D eigenvalue weighted by molar-refractivity contribution is 7.89. The molecule has 74 valence electrons. The molecule has 2 N–H and O–H groups in total. The van der Waals surface area contributed by atoms with Crippen LogP contribution in [0.4, 0.5) is 0 Å². The third-order valence-electron chi connectivity index (χ3n) is 1.59. The summed E-state index contributed by atoms with van der Waals surface area (Å²) in [5, 5.41) is 0. The van der Waals surface area contributed by atoms with E-state index >= 15 is 0 Å². The van der Waals surface area contributed by atoms with Gasteiger partial charge in [0, 0.05) is 19.6 Å². The zero-order valence-electron chi connectivity index (χ0n) is 7.78. The standard InChI is InChI=1S/C7H18N2O2S/c1-3-6-9(4-2)12(10,11)7-5-8/h3-8H2,1-2H3. The van der Waals surface area contributed by atoms with E-state index in [1.54, 1.807) is 0 Å². The van der Waals surface area contributed by atoms with Crippen molar-refractivity contribution in [2.75, 3.05) is 25.4 Å². The highest BCUT2D eigenvalue weighted by atomic mass is 32.2. The van der Waals surface area contributed by atoms with Crippen LogP contribution < -0.4 is 5.73 Å². The van der Waals surface area contributed by atoms with Crippen molar-refractivity contribution in [2.45, 2.75) is 20.3 Å². The fraction of sp³-hybridized carbons (Fsp3) is 1.00. The second-order valence-electron chi connectivity index (χ2n) is 2.60. The van der Waals surface area contributed by atoms with Gasteiger partial charge in [0.15, 0.2) is 0 Å². The van der Waals surface area contributed by atoms with E-state index in [-0.39, 0.29) is 12.3 Å². The van der Waals surface area contributed by atoms with Crippen LogP contribution >= 0.6 is 0 Å². The fourth-order valence-corrected chi connectivity index (χ4v) is 2.43. The first-order chi connectivity index (χ1) is 5.58. The average molecular weight is 194 g/mol. The molecule has 0 atom stereocenters. The number of nitrogens with two attached hydrogens (primary N) is 1. The van der Waals surface area contributed by atoms with Gasteiger partial charge in [-0.2, -0.15) is 0 Å². The van der Waals surface area contributed by atoms with Crippen molar-refractivity contribution in [2.24, 2.45) is 5.73 Å². The van der Waals surface area contributed by atoms with Gasteiger partial charge in [0.2, 0.25) is 10.0 Å². The molecule has 0 fully saturated rings. The number of hydrogen-bond donors (Lipinski definition) is 1. The summed E-state index contributed by atoms with van der Waals surface area (Å²) in [6.45, 7) is 5.13. The molecule has 0 aliphatic carbocycles. The Morgan fingerprint density at radius 2 is 1.92 bits per heavy atom. The van der Waals surface area contributed by atoms with Gasteiger partial charge in [0.1, 0.15) is 0 Å². The monoisotopic (exact) mass is 194 g/mol. The smallest absolute Gasteiger partial charge is 0.215 e. The van der Waals surface area contributed by atoms with Crippen LogP contribution in [-0.4, -0.2) is 38.1 Å². The van der Waals surface area contributed by atoms with Crippen molar-refractivity contribution in [3.05, 3.63) is 0 Å². The zero-order chi connectivity index (χ0) is 9.61. The normalized spacial score (nSPS) is 12.3. The van der Waals surface area contributed by atoms with Gasteiger partial charge in [-0.3, -0.25) is 0 Å². The molecule has 0 unspecified atom stereocenters. The fourth-order valence-electron chi connectivity index (χ4n) is 1.02. The maximum atomic E-state index is 11.4. The summed E-state index contributed by atoms with van der Waals surface area (Å²) in [4.78, 5) is 0. The number of rotatable bonds is 6. The molecule has 0 amide bonds. The summed E-state index contributed by atoms with van der Waals surface area (Å²) in [6, 6.07) is 0. The van der Waals surface area contributed by atoms with E-state index in [1.165, 1.54) is 4.31 Å². The molecular formula is C7H18N2O2S. The number of nitrogens with zero attached hydrogens (tertiary/aromatic N) is 1. The Hall–Kier alpha value is -0.130. The minimum Gasteiger partial charge on any atom is -0.329 e. The van der Waals surface area contributed by atoms with Crippen molar-refractivity contribution >= 4 is 10.0 Å². The minimum absolute atomic E-state index is 0.0564. The molecule has 12 heavy (non-hydrogen) atoms. The topological polar surface area (TPSA) is 63.4 Å². The summed E-state index contributed by atoms with van der Waals surface area (Å²) in [5.41, 5.74) is 5.20. The third-order valence-corrected chi connectivity index (χ3v) is 3.57. The van der Waals surface area contributed by atoms with Crippen molar-refractivity contribution in [3.8, 4) is 0 Å². The van der Waals surface area contributed by atoms with Crippen LogP contribution in [0.5, 0.6) is 0 Å². The quantitative estimate of drug-likeness (QED) is 0.647. The molecule has 0 heterocycles. The lowest BCUT2D eigenvalue weighted by atomic mass is 10.5. The lowest BCUT2D eigenvalue weighted by molar-refractivity contribution is 0.427. The van der Waals surface area contributed by atoms with Crippen LogP contribution in [0.2, 0.25) is 0 Å². The molecular weight excluding hydrogens is 176 g/mol. The van der Waals surface area contributed by atoms with Gasteiger partial charge in [-0.1, -0.05) is 13.8 Å². The molecule has 0 aromatic carbocycles. The average Bonchev–Trinajstić information content (AvgIpc) is 1.99. The molecule has 0 aliphatic heterocycles. The Morgan fingerprint density at radius 1 is 1.33 bits per heavy atom. The highest BCUT2D eigenvalue weighted by Crippen LogP contribution is 2.01. The molecule has 5 heteroatoms. The Kier molecular flexibility index (Phi) is 5.44. The van der Waals surface area contributed by atoms with Crippen molar-refractivity contribution in [1.82, 2.24) is 4.31 Å². The van der Waals surface area contributed by atoms with E-state index in [0.717, 1.165) is 6.42 Å². The van der Waals surface area contributed by atoms with Gasteiger partial charge in [-0.15, -0.1) is 0 Å². The third kappa shape index (κ3) is 3.51. The molecule has 0 bridgehead atoms. The van der Waals surface area contributed by atoms with Crippen LogP contribution in [0.3, 0.4) is 0 Å². The maximum absolute atomic E-state index is 11.4. The van der Waals surface area contributed by atoms with Gasteiger partial charge < -0.3 is 5.73 Å². The number of sulfonamides is 1. The Bertz CT molecular complexity index is 201. The lowest BCUT2D eigenvalue weighted by Crippen LogP contribution is -2.35. The second kappa shape index (κ2) is 5.50. The van der Waals surface area contributed by atoms with E-state index in [9.17, 15) is 8.42 Å². The van der Waals surface area contributed by atoms with E-state index in [4.69, 9.17) is 5.73 Å². The predicted octanol–water partition coefficient (Wildman–Crippen LogP) is 0.00680. The Balaban J connectivity index is 4.27. The lowest BCUT2D eigenvalue weighted by Gasteiger charge is -2.18. The summed E-state index contributed by atoms with van der Waals surface area (Å²) in [7, 11) is -3.08. The molecule has 0 aromatic rings. The molecule has 0 spiro atoms. The SMILES string of the molecule is CCCN(CC)S(=O)(=O)CCN. The first kappa shape index (κ1) is 11.9. The molecule has 0 aromatic heterocycles. The molecule has 0 saturated heterocycles. The van der Waals surface area contributed by atoms with Crippen LogP contribution in [-0.2, 0) is 10.0 Å². The first-order valence-corrected chi connectivity index (χ1v) is 5.87. The summed E-state index contributed by atoms with van der Waals surface area (Å²) in [5.74, 6) is 0.0564. The van der Waals surface area contributed by atoms with Crippen molar-refractivity contribution in [1.29, 1.82) is 0 Å². The van der Waals surface area contributed by atoms with E-state index < -0.39 is 10.0 Å². The first-order valence-electron chi connectivity index (χ1n) is 4.26. The predicted molar refractivity (Wildman–Crippen MR) is 50.4 cm³/mol. The Labute approximate surface area is 74.8 Å². The summed E-state index contributed by atoms with van der Waals surface area (Å²) in [6.07, 6.45) is 0.845. The van der Waals surface area contributed by atoms with Gasteiger partial charge in [0.05, 0.1) is 5.75 Å². The van der Waals surface area contributed by atoms with Gasteiger partial charge in [0.25, 0.3) is 0 Å². The van der Waals surface area contributed by atoms with Crippen molar-refractivity contribution in [3.63, 3.8) is 0 Å². The van der Waals surface area contributed by atoms with Crippen LogP contribution in [0, 0.1) is 0 Å². The van der Waals surface area contributed by atoms with Gasteiger partial charge >= 0.3 is 0 Å². The Morgan fingerprint density at radius 3 is 2.25 bits per heavy atom. The molecule has 0 saturated carbocycles. The molecule has 0 radical (unpaired) electrons. The summed E-state index contributed by atoms with van der Waals surface area (Å²) >= 11 is 0. The van der Waals surface area contributed by atoms with Crippen LogP contribution in [0.1, 0.15) is 20.3 Å². The maximum Gasteiger partial charge on any atom is 0.215 e. The summed E-state index contributed by atoms with van der Waals surface area (Å²) < 4.78 is 24.3. The van der Waals surface area contributed by atoms with E-state index in [2.05, 4.69) is 0 Å². The van der Waals surface area contributed by atoms with Crippen LogP contribution in [0.25, 0.3) is 0 Å². The van der Waals surface area contributed by atoms with Crippen molar-refractivity contribution < 1.29 is 8.42 Å². The minimum atomic E-state index is -3.08. The highest BCUT2D eigenvalue weighted by Gasteiger charge is 2.17. The molecule has 0 rings (SSSR count). The van der Waals surface area contributed by atoms with Crippen LogP contribution in [0.15, 0.2) is 0 Å². The zero-order valence-corrected chi connectivity index (χ0v) is 8.60. The largest absolute Gasteiger partial charge is 0.329 e. The van der Waals surface area contributed by atoms with E-state index in [0.29, 0.717) is 13.1 Å². The van der Waals surface area contributed by atoms with E-state index in [1.807, 2.05) is 13.8 Å². The van der Waals surface area contributed by atoms with Gasteiger partial charge in [-0.05, 0) is 6.42 Å². The number of hydrogen-bond acceptors (Lipinski definition) is 3.